The first-order chi connectivity index (χ1) is 16.8. The van der Waals surface area contributed by atoms with E-state index in [-0.39, 0.29) is 44.6 Å². The highest BCUT2D eigenvalue weighted by molar-refractivity contribution is 5.89. The molecular weight excluding hydrogens is 456 g/mol. The summed E-state index contributed by atoms with van der Waals surface area (Å²) >= 11 is 0. The largest absolute Gasteiger partial charge is 0.508 e. The minimum Gasteiger partial charge on any atom is -0.508 e. The van der Waals surface area contributed by atoms with Crippen molar-refractivity contribution in [2.45, 2.75) is 5.92 Å². The minimum atomic E-state index is -1.47. The molecule has 0 spiro atoms. The number of carbonyl (C=O) groups is 1. The number of phenolic OH excluding ortho intramolecular Hbond substituents is 2. The van der Waals surface area contributed by atoms with Gasteiger partial charge in [0.15, 0.2) is 0 Å². The molecule has 0 saturated carbocycles. The van der Waals surface area contributed by atoms with Crippen LogP contribution in [0.2, 0.25) is 0 Å². The second-order valence-electron chi connectivity index (χ2n) is 7.84. The van der Waals surface area contributed by atoms with Crippen molar-refractivity contribution in [2.75, 3.05) is 0 Å². The van der Waals surface area contributed by atoms with Crippen LogP contribution in [0.4, 0.5) is 0 Å². The van der Waals surface area contributed by atoms with Crippen molar-refractivity contribution in [3.63, 3.8) is 0 Å². The number of phenols is 2. The Morgan fingerprint density at radius 2 is 1.17 bits per heavy atom. The molecule has 2 aromatic heterocycles. The van der Waals surface area contributed by atoms with E-state index in [9.17, 15) is 34.8 Å². The lowest BCUT2D eigenvalue weighted by Gasteiger charge is -2.21. The standard InChI is InChI=1S/C26H16O9/c27-11-12-3-1-2-4-15(12)20(21-23(30)16-7-5-13(28)9-18(16)34-25(21)32)22-24(31)17-8-6-14(29)10-19(17)35-26(22)33/h1-11,20,28-31H. The first-order valence-corrected chi connectivity index (χ1v) is 10.3. The monoisotopic (exact) mass is 472 g/mol. The molecule has 2 heterocycles. The second-order valence-corrected chi connectivity index (χ2v) is 7.84. The maximum atomic E-state index is 13.1. The summed E-state index contributed by atoms with van der Waals surface area (Å²) in [7, 11) is 0. The molecule has 0 radical (unpaired) electrons. The third-order valence-electron chi connectivity index (χ3n) is 5.81. The number of fused-ring (bicyclic) bond motifs is 2. The lowest BCUT2D eigenvalue weighted by Crippen LogP contribution is -2.22. The maximum Gasteiger partial charge on any atom is 0.344 e. The van der Waals surface area contributed by atoms with Gasteiger partial charge in [-0.15, -0.1) is 0 Å². The molecule has 0 atom stereocenters. The Morgan fingerprint density at radius 1 is 0.686 bits per heavy atom. The molecule has 0 aliphatic carbocycles. The summed E-state index contributed by atoms with van der Waals surface area (Å²) in [5.41, 5.74) is -2.95. The Bertz CT molecular complexity index is 1660. The average Bonchev–Trinajstić information content (AvgIpc) is 2.82. The Labute approximate surface area is 195 Å². The van der Waals surface area contributed by atoms with E-state index in [2.05, 4.69) is 0 Å². The first kappa shape index (κ1) is 21.8. The Kier molecular flexibility index (Phi) is 5.02. The van der Waals surface area contributed by atoms with Crippen molar-refractivity contribution in [1.82, 2.24) is 0 Å². The predicted molar refractivity (Wildman–Crippen MR) is 124 cm³/mol. The van der Waals surface area contributed by atoms with Gasteiger partial charge in [0.1, 0.15) is 40.5 Å². The molecule has 174 valence electrons. The fourth-order valence-electron chi connectivity index (χ4n) is 4.22. The fourth-order valence-corrected chi connectivity index (χ4v) is 4.22. The fraction of sp³-hybridized carbons (Fsp3) is 0.0385. The molecule has 5 rings (SSSR count). The minimum absolute atomic E-state index is 0.0561. The summed E-state index contributed by atoms with van der Waals surface area (Å²) in [5, 5.41) is 41.8. The van der Waals surface area contributed by atoms with E-state index in [1.165, 1.54) is 36.4 Å². The zero-order chi connectivity index (χ0) is 24.9. The van der Waals surface area contributed by atoms with Gasteiger partial charge in [0.05, 0.1) is 27.8 Å². The van der Waals surface area contributed by atoms with E-state index >= 15 is 0 Å². The zero-order valence-corrected chi connectivity index (χ0v) is 17.8. The average molecular weight is 472 g/mol. The van der Waals surface area contributed by atoms with Crippen LogP contribution in [-0.4, -0.2) is 26.7 Å². The number of rotatable bonds is 4. The molecule has 0 aliphatic rings. The van der Waals surface area contributed by atoms with Gasteiger partial charge in [-0.3, -0.25) is 4.79 Å². The highest BCUT2D eigenvalue weighted by Gasteiger charge is 2.33. The molecule has 0 fully saturated rings. The van der Waals surface area contributed by atoms with Gasteiger partial charge in [-0.2, -0.15) is 0 Å². The van der Waals surface area contributed by atoms with Crippen molar-refractivity contribution >= 4 is 28.2 Å². The van der Waals surface area contributed by atoms with Crippen LogP contribution in [0.1, 0.15) is 33.0 Å². The molecule has 0 amide bonds. The smallest absolute Gasteiger partial charge is 0.344 e. The summed E-state index contributed by atoms with van der Waals surface area (Å²) in [6.45, 7) is 0. The van der Waals surface area contributed by atoms with Crippen molar-refractivity contribution in [1.29, 1.82) is 0 Å². The van der Waals surface area contributed by atoms with Gasteiger partial charge in [0, 0.05) is 17.7 Å². The van der Waals surface area contributed by atoms with Gasteiger partial charge in [0.25, 0.3) is 0 Å². The van der Waals surface area contributed by atoms with Crippen LogP contribution in [0.3, 0.4) is 0 Å². The van der Waals surface area contributed by atoms with Crippen molar-refractivity contribution in [2.24, 2.45) is 0 Å². The third-order valence-corrected chi connectivity index (χ3v) is 5.81. The molecule has 0 bridgehead atoms. The van der Waals surface area contributed by atoms with Crippen LogP contribution < -0.4 is 11.3 Å². The van der Waals surface area contributed by atoms with E-state index in [4.69, 9.17) is 8.83 Å². The Balaban J connectivity index is 1.94. The molecule has 5 aromatic rings. The molecule has 0 unspecified atom stereocenters. The molecule has 35 heavy (non-hydrogen) atoms. The molecule has 9 heteroatoms. The van der Waals surface area contributed by atoms with Crippen molar-refractivity contribution in [3.05, 3.63) is 104 Å². The summed E-state index contributed by atoms with van der Waals surface area (Å²) < 4.78 is 10.6. The summed E-state index contributed by atoms with van der Waals surface area (Å²) in [5.74, 6) is -3.00. The molecule has 0 saturated heterocycles. The number of carbonyl (C=O) groups excluding carboxylic acids is 1. The number of aldehydes is 1. The number of hydrogen-bond acceptors (Lipinski definition) is 9. The third kappa shape index (κ3) is 3.46. The topological polar surface area (TPSA) is 158 Å². The Morgan fingerprint density at radius 3 is 1.66 bits per heavy atom. The van der Waals surface area contributed by atoms with E-state index in [1.54, 1.807) is 12.1 Å². The predicted octanol–water partition coefficient (Wildman–Crippen LogP) is 3.71. The van der Waals surface area contributed by atoms with Crippen LogP contribution in [-0.2, 0) is 0 Å². The van der Waals surface area contributed by atoms with E-state index in [1.807, 2.05) is 0 Å². The van der Waals surface area contributed by atoms with Crippen molar-refractivity contribution < 1.29 is 34.1 Å². The molecule has 0 aliphatic heterocycles. The lowest BCUT2D eigenvalue weighted by molar-refractivity contribution is 0.112. The summed E-state index contributed by atoms with van der Waals surface area (Å²) in [6.07, 6.45) is 0.512. The lowest BCUT2D eigenvalue weighted by atomic mass is 9.82. The van der Waals surface area contributed by atoms with Gasteiger partial charge in [-0.05, 0) is 29.8 Å². The molecule has 9 nitrogen and oxygen atoms in total. The highest BCUT2D eigenvalue weighted by atomic mass is 16.4. The van der Waals surface area contributed by atoms with Crippen LogP contribution in [0.15, 0.2) is 79.1 Å². The zero-order valence-electron chi connectivity index (χ0n) is 17.8. The van der Waals surface area contributed by atoms with Gasteiger partial charge in [0.2, 0.25) is 0 Å². The molecule has 4 N–H and O–H groups in total. The van der Waals surface area contributed by atoms with Crippen LogP contribution >= 0.6 is 0 Å². The summed E-state index contributed by atoms with van der Waals surface area (Å²) in [4.78, 5) is 38.1. The maximum absolute atomic E-state index is 13.1. The van der Waals surface area contributed by atoms with E-state index < -0.39 is 39.8 Å². The van der Waals surface area contributed by atoms with E-state index in [0.29, 0.717) is 6.29 Å². The summed E-state index contributed by atoms with van der Waals surface area (Å²) in [6, 6.07) is 13.5. The van der Waals surface area contributed by atoms with Crippen LogP contribution in [0.25, 0.3) is 21.9 Å². The quantitative estimate of drug-likeness (QED) is 0.226. The number of aromatic hydroxyl groups is 4. The number of benzene rings is 3. The molecular formula is C26H16O9. The highest BCUT2D eigenvalue weighted by Crippen LogP contribution is 2.43. The van der Waals surface area contributed by atoms with Gasteiger partial charge in [-0.1, -0.05) is 24.3 Å². The molecule has 3 aromatic carbocycles. The normalized spacial score (nSPS) is 11.3. The Hall–Kier alpha value is -5.05. The first-order valence-electron chi connectivity index (χ1n) is 10.3. The SMILES string of the molecule is O=Cc1ccccc1C(c1c(O)c2ccc(O)cc2oc1=O)c1c(O)c2ccc(O)cc2oc1=O. The van der Waals surface area contributed by atoms with Crippen LogP contribution in [0, 0.1) is 0 Å². The van der Waals surface area contributed by atoms with Crippen LogP contribution in [0.5, 0.6) is 23.0 Å². The van der Waals surface area contributed by atoms with Gasteiger partial charge in [-0.25, -0.2) is 9.59 Å². The second kappa shape index (κ2) is 8.07. The van der Waals surface area contributed by atoms with E-state index in [0.717, 1.165) is 12.1 Å². The number of hydrogen-bond donors (Lipinski definition) is 4. The van der Waals surface area contributed by atoms with Crippen molar-refractivity contribution in [3.8, 4) is 23.0 Å². The van der Waals surface area contributed by atoms with Gasteiger partial charge < -0.3 is 29.3 Å². The van der Waals surface area contributed by atoms with Gasteiger partial charge >= 0.3 is 11.3 Å².